The summed E-state index contributed by atoms with van der Waals surface area (Å²) in [6.07, 6.45) is 0. The van der Waals surface area contributed by atoms with E-state index in [1.807, 2.05) is 0 Å². The molecular formula is C16H13NO8. The summed E-state index contributed by atoms with van der Waals surface area (Å²) < 4.78 is 0. The fourth-order valence-electron chi connectivity index (χ4n) is 1.68. The van der Waals surface area contributed by atoms with Crippen LogP contribution in [0.4, 0.5) is 5.69 Å². The van der Waals surface area contributed by atoms with Crippen molar-refractivity contribution in [3.63, 3.8) is 0 Å². The highest BCUT2D eigenvalue weighted by Crippen LogP contribution is 2.12. The molecular weight excluding hydrogens is 334 g/mol. The first-order valence-electron chi connectivity index (χ1n) is 6.55. The average molecular weight is 347 g/mol. The number of hydrogen-bond acceptors (Lipinski definition) is 5. The van der Waals surface area contributed by atoms with Crippen LogP contribution in [-0.4, -0.2) is 44.3 Å². The summed E-state index contributed by atoms with van der Waals surface area (Å²) in [5, 5.41) is 34.1. The van der Waals surface area contributed by atoms with Crippen molar-refractivity contribution in [2.45, 2.75) is 0 Å². The zero-order valence-corrected chi connectivity index (χ0v) is 12.5. The van der Waals surface area contributed by atoms with Crippen LogP contribution >= 0.6 is 0 Å². The third-order valence-electron chi connectivity index (χ3n) is 2.81. The number of anilines is 1. The summed E-state index contributed by atoms with van der Waals surface area (Å²) in [5.74, 6) is -4.65. The van der Waals surface area contributed by atoms with Crippen molar-refractivity contribution in [1.29, 1.82) is 0 Å². The highest BCUT2D eigenvalue weighted by Gasteiger charge is 2.09. The number of hydrogen-bond donors (Lipinski definition) is 5. The Bertz CT molecular complexity index is 782. The molecule has 0 radical (unpaired) electrons. The van der Waals surface area contributed by atoms with Crippen molar-refractivity contribution in [3.8, 4) is 0 Å². The van der Waals surface area contributed by atoms with Gasteiger partial charge in [0.15, 0.2) is 0 Å². The van der Waals surface area contributed by atoms with E-state index in [2.05, 4.69) is 0 Å². The second-order valence-corrected chi connectivity index (χ2v) is 4.65. The minimum absolute atomic E-state index is 0.0186. The van der Waals surface area contributed by atoms with Gasteiger partial charge in [0.05, 0.1) is 22.3 Å². The first-order valence-corrected chi connectivity index (χ1v) is 6.55. The van der Waals surface area contributed by atoms with E-state index in [1.54, 1.807) is 0 Å². The van der Waals surface area contributed by atoms with Gasteiger partial charge in [0.1, 0.15) is 0 Å². The van der Waals surface area contributed by atoms with Gasteiger partial charge in [0.25, 0.3) is 0 Å². The van der Waals surface area contributed by atoms with E-state index in [9.17, 15) is 19.2 Å². The van der Waals surface area contributed by atoms with Gasteiger partial charge < -0.3 is 26.2 Å². The highest BCUT2D eigenvalue weighted by atomic mass is 16.4. The predicted octanol–water partition coefficient (Wildman–Crippen LogP) is 1.75. The number of benzene rings is 2. The fraction of sp³-hybridized carbons (Fsp3) is 0. The molecule has 2 aromatic rings. The second-order valence-electron chi connectivity index (χ2n) is 4.65. The van der Waals surface area contributed by atoms with E-state index < -0.39 is 23.9 Å². The summed E-state index contributed by atoms with van der Waals surface area (Å²) in [6.45, 7) is 0. The van der Waals surface area contributed by atoms with E-state index >= 15 is 0 Å². The molecule has 0 saturated carbocycles. The van der Waals surface area contributed by atoms with Crippen molar-refractivity contribution >= 4 is 29.6 Å². The fourth-order valence-corrected chi connectivity index (χ4v) is 1.68. The lowest BCUT2D eigenvalue weighted by molar-refractivity contribution is 0.0676. The van der Waals surface area contributed by atoms with Crippen LogP contribution in [0.25, 0.3) is 0 Å². The smallest absolute Gasteiger partial charge is 0.335 e. The van der Waals surface area contributed by atoms with Gasteiger partial charge in [-0.3, -0.25) is 0 Å². The van der Waals surface area contributed by atoms with E-state index in [0.29, 0.717) is 0 Å². The Balaban J connectivity index is 0.000000251. The maximum Gasteiger partial charge on any atom is 0.335 e. The Morgan fingerprint density at radius 3 is 1.24 bits per heavy atom. The first-order chi connectivity index (χ1) is 11.6. The molecule has 0 fully saturated rings. The number of carboxylic acid groups (broad SMARTS) is 4. The number of carboxylic acids is 4. The topological polar surface area (TPSA) is 175 Å². The number of nitrogens with two attached hydrogens (primary N) is 1. The summed E-state index contributed by atoms with van der Waals surface area (Å²) in [7, 11) is 0. The molecule has 0 aromatic heterocycles. The summed E-state index contributed by atoms with van der Waals surface area (Å²) in [5.41, 5.74) is 5.14. The van der Waals surface area contributed by atoms with Crippen LogP contribution < -0.4 is 5.73 Å². The predicted molar refractivity (Wildman–Crippen MR) is 85.1 cm³/mol. The molecule has 25 heavy (non-hydrogen) atoms. The molecule has 6 N–H and O–H groups in total. The van der Waals surface area contributed by atoms with Gasteiger partial charge in [0.2, 0.25) is 0 Å². The highest BCUT2D eigenvalue weighted by molar-refractivity contribution is 5.95. The quantitative estimate of drug-likeness (QED) is 0.516. The Kier molecular flexibility index (Phi) is 6.22. The molecule has 9 heteroatoms. The van der Waals surface area contributed by atoms with E-state index in [-0.39, 0.29) is 27.9 Å². The maximum absolute atomic E-state index is 10.5. The third kappa shape index (κ3) is 5.67. The molecule has 9 nitrogen and oxygen atoms in total. The van der Waals surface area contributed by atoms with Gasteiger partial charge >= 0.3 is 23.9 Å². The lowest BCUT2D eigenvalue weighted by atomic mass is 10.1. The minimum Gasteiger partial charge on any atom is -0.478 e. The molecule has 0 spiro atoms. The number of aromatic carboxylic acids is 4. The van der Waals surface area contributed by atoms with E-state index in [4.69, 9.17) is 26.2 Å². The normalized spacial score (nSPS) is 9.44. The maximum atomic E-state index is 10.5. The third-order valence-corrected chi connectivity index (χ3v) is 2.81. The van der Waals surface area contributed by atoms with Crippen molar-refractivity contribution in [3.05, 3.63) is 64.7 Å². The van der Waals surface area contributed by atoms with Crippen molar-refractivity contribution in [1.82, 2.24) is 0 Å². The average Bonchev–Trinajstić information content (AvgIpc) is 2.54. The molecule has 0 atom stereocenters. The molecule has 0 unspecified atom stereocenters. The van der Waals surface area contributed by atoms with E-state index in [0.717, 1.165) is 12.1 Å². The lowest BCUT2D eigenvalue weighted by Crippen LogP contribution is -2.03. The molecule has 0 amide bonds. The van der Waals surface area contributed by atoms with Crippen LogP contribution in [0.5, 0.6) is 0 Å². The van der Waals surface area contributed by atoms with Crippen molar-refractivity contribution < 1.29 is 39.6 Å². The Morgan fingerprint density at radius 2 is 0.920 bits per heavy atom. The van der Waals surface area contributed by atoms with Gasteiger partial charge in [-0.2, -0.15) is 0 Å². The Labute approximate surface area is 140 Å². The van der Waals surface area contributed by atoms with Crippen LogP contribution in [0.1, 0.15) is 41.4 Å². The first kappa shape index (κ1) is 19.2. The molecule has 0 aliphatic rings. The zero-order chi connectivity index (χ0) is 19.1. The number of carbonyl (C=O) groups is 4. The molecule has 0 heterocycles. The van der Waals surface area contributed by atoms with Crippen LogP contribution in [0.2, 0.25) is 0 Å². The molecule has 2 aromatic carbocycles. The van der Waals surface area contributed by atoms with Crippen LogP contribution in [0.3, 0.4) is 0 Å². The lowest BCUT2D eigenvalue weighted by Gasteiger charge is -1.99. The van der Waals surface area contributed by atoms with Gasteiger partial charge in [-0.15, -0.1) is 0 Å². The molecule has 0 bridgehead atoms. The molecule has 0 aliphatic carbocycles. The molecule has 0 aliphatic heterocycles. The SMILES string of the molecule is Nc1cc(C(=O)O)cc(C(=O)O)c1.O=C(O)c1cccc(C(=O)O)c1. The van der Waals surface area contributed by atoms with Gasteiger partial charge in [-0.05, 0) is 36.4 Å². The van der Waals surface area contributed by atoms with Gasteiger partial charge in [-0.1, -0.05) is 6.07 Å². The van der Waals surface area contributed by atoms with E-state index in [1.165, 1.54) is 30.3 Å². The van der Waals surface area contributed by atoms with Gasteiger partial charge in [-0.25, -0.2) is 19.2 Å². The molecule has 2 rings (SSSR count). The second kappa shape index (κ2) is 8.11. The van der Waals surface area contributed by atoms with Crippen molar-refractivity contribution in [2.75, 3.05) is 5.73 Å². The summed E-state index contributed by atoms with van der Waals surface area (Å²) in [6, 6.07) is 8.66. The zero-order valence-electron chi connectivity index (χ0n) is 12.5. The minimum atomic E-state index is -1.20. The standard InChI is InChI=1S/C8H7NO4.C8H6O4/c9-6-2-4(7(10)11)1-5(3-6)8(12)13;9-7(10)5-2-1-3-6(4-5)8(11)12/h1-3H,9H2,(H,10,11)(H,12,13);1-4H,(H,9,10)(H,11,12). The van der Waals surface area contributed by atoms with Crippen LogP contribution in [-0.2, 0) is 0 Å². The molecule has 130 valence electrons. The number of nitrogen functional groups attached to an aromatic ring is 1. The van der Waals surface area contributed by atoms with Crippen LogP contribution in [0.15, 0.2) is 42.5 Å². The summed E-state index contributed by atoms with van der Waals surface area (Å²) >= 11 is 0. The van der Waals surface area contributed by atoms with Crippen molar-refractivity contribution in [2.24, 2.45) is 0 Å². The largest absolute Gasteiger partial charge is 0.478 e. The number of rotatable bonds is 4. The summed E-state index contributed by atoms with van der Waals surface area (Å²) in [4.78, 5) is 41.7. The Morgan fingerprint density at radius 1 is 0.600 bits per heavy atom. The Hall–Kier alpha value is -3.88. The molecule has 0 saturated heterocycles. The monoisotopic (exact) mass is 347 g/mol. The van der Waals surface area contributed by atoms with Crippen LogP contribution in [0, 0.1) is 0 Å². The van der Waals surface area contributed by atoms with Gasteiger partial charge in [0, 0.05) is 5.69 Å².